The number of benzene rings is 2. The number of aliphatic imine (C=N–C) groups is 1. The van der Waals surface area contributed by atoms with Crippen LogP contribution in [0.2, 0.25) is 0 Å². The second-order valence-electron chi connectivity index (χ2n) is 7.70. The van der Waals surface area contributed by atoms with E-state index in [0.29, 0.717) is 12.1 Å². The number of allylic oxidation sites excluding steroid dienone is 2. The molecule has 0 spiro atoms. The Morgan fingerprint density at radius 2 is 1.87 bits per heavy atom. The molecule has 6 heteroatoms. The van der Waals surface area contributed by atoms with E-state index in [1.54, 1.807) is 12.1 Å². The van der Waals surface area contributed by atoms with Crippen molar-refractivity contribution in [1.82, 2.24) is 15.1 Å². The molecule has 1 aliphatic rings. The zero-order chi connectivity index (χ0) is 22.1. The highest BCUT2D eigenvalue weighted by Crippen LogP contribution is 2.11. The van der Waals surface area contributed by atoms with E-state index in [9.17, 15) is 9.18 Å². The maximum atomic E-state index is 13.2. The lowest BCUT2D eigenvalue weighted by Gasteiger charge is -2.35. The fraction of sp³-hybridized carbons (Fsp3) is 0.360. The SMILES string of the molecule is C/C=C(/Cc1ccccc1)N=C(C)N1CCN(CCNC(=O)c2cccc(F)c2)CC1.[HH]. The van der Waals surface area contributed by atoms with Crippen LogP contribution < -0.4 is 5.32 Å². The van der Waals surface area contributed by atoms with Crippen LogP contribution in [0, 0.1) is 5.82 Å². The second kappa shape index (κ2) is 11.4. The molecule has 166 valence electrons. The van der Waals surface area contributed by atoms with E-state index in [2.05, 4.69) is 52.4 Å². The summed E-state index contributed by atoms with van der Waals surface area (Å²) in [6.07, 6.45) is 2.91. The molecule has 0 bridgehead atoms. The number of nitrogens with one attached hydrogen (secondary N) is 1. The Bertz CT molecular complexity index is 925. The van der Waals surface area contributed by atoms with Gasteiger partial charge in [-0.05, 0) is 37.6 Å². The fourth-order valence-corrected chi connectivity index (χ4v) is 3.64. The van der Waals surface area contributed by atoms with Gasteiger partial charge in [-0.15, -0.1) is 0 Å². The van der Waals surface area contributed by atoms with Gasteiger partial charge in [0.15, 0.2) is 0 Å². The number of carbonyl (C=O) groups excluding carboxylic acids is 1. The topological polar surface area (TPSA) is 47.9 Å². The number of rotatable bonds is 7. The minimum absolute atomic E-state index is 0. The quantitative estimate of drug-likeness (QED) is 0.540. The second-order valence-corrected chi connectivity index (χ2v) is 7.70. The number of hydrogen-bond donors (Lipinski definition) is 1. The maximum Gasteiger partial charge on any atom is 0.251 e. The van der Waals surface area contributed by atoms with Gasteiger partial charge in [0.1, 0.15) is 11.7 Å². The highest BCUT2D eigenvalue weighted by molar-refractivity contribution is 5.94. The molecular formula is C25H33FN4O. The summed E-state index contributed by atoms with van der Waals surface area (Å²) < 4.78 is 13.2. The molecule has 0 unspecified atom stereocenters. The van der Waals surface area contributed by atoms with Gasteiger partial charge in [0.2, 0.25) is 0 Å². The number of amides is 1. The standard InChI is InChI=1S/C25H31FN4O.H2/c1-3-24(18-21-8-5-4-6-9-21)28-20(2)30-16-14-29(15-17-30)13-12-27-25(31)22-10-7-11-23(26)19-22;/h3-11,19H,12-18H2,1-2H3,(H,27,31);1H/b24-3-,28-20?;. The number of nitrogens with zero attached hydrogens (tertiary/aromatic N) is 3. The zero-order valence-electron chi connectivity index (χ0n) is 18.4. The van der Waals surface area contributed by atoms with E-state index >= 15 is 0 Å². The molecule has 3 rings (SSSR count). The molecule has 1 N–H and O–H groups in total. The van der Waals surface area contributed by atoms with Gasteiger partial charge in [0.05, 0.1) is 0 Å². The van der Waals surface area contributed by atoms with Crippen molar-refractivity contribution in [2.45, 2.75) is 20.3 Å². The average Bonchev–Trinajstić information content (AvgIpc) is 2.79. The number of amidine groups is 1. The normalized spacial score (nSPS) is 15.8. The smallest absolute Gasteiger partial charge is 0.251 e. The molecule has 2 aromatic rings. The molecule has 1 saturated heterocycles. The van der Waals surface area contributed by atoms with Crippen LogP contribution in [0.4, 0.5) is 4.39 Å². The number of halogens is 1. The van der Waals surface area contributed by atoms with Crippen molar-refractivity contribution in [3.63, 3.8) is 0 Å². The number of piperazine rings is 1. The molecular weight excluding hydrogens is 391 g/mol. The molecule has 1 fully saturated rings. The predicted octanol–water partition coefficient (Wildman–Crippen LogP) is 3.98. The molecule has 0 aliphatic carbocycles. The fourth-order valence-electron chi connectivity index (χ4n) is 3.64. The first-order valence-corrected chi connectivity index (χ1v) is 10.8. The molecule has 0 saturated carbocycles. The molecule has 1 aliphatic heterocycles. The Morgan fingerprint density at radius 1 is 1.13 bits per heavy atom. The lowest BCUT2D eigenvalue weighted by Crippen LogP contribution is -2.49. The average molecular weight is 425 g/mol. The first-order chi connectivity index (χ1) is 15.0. The first kappa shape index (κ1) is 22.7. The number of hydrogen-bond acceptors (Lipinski definition) is 3. The summed E-state index contributed by atoms with van der Waals surface area (Å²) in [6.45, 7) is 9.10. The molecule has 0 radical (unpaired) electrons. The van der Waals surface area contributed by atoms with E-state index in [1.807, 2.05) is 13.0 Å². The molecule has 1 amide bonds. The minimum Gasteiger partial charge on any atom is -0.358 e. The Kier molecular flexibility index (Phi) is 8.35. The lowest BCUT2D eigenvalue weighted by molar-refractivity contribution is 0.0944. The summed E-state index contributed by atoms with van der Waals surface area (Å²) in [5, 5.41) is 2.87. The summed E-state index contributed by atoms with van der Waals surface area (Å²) in [5.74, 6) is 0.409. The third-order valence-electron chi connectivity index (χ3n) is 5.50. The van der Waals surface area contributed by atoms with Gasteiger partial charge in [-0.25, -0.2) is 9.38 Å². The van der Waals surface area contributed by atoms with Crippen LogP contribution in [0.3, 0.4) is 0 Å². The van der Waals surface area contributed by atoms with Gasteiger partial charge in [0.25, 0.3) is 5.91 Å². The van der Waals surface area contributed by atoms with Crippen LogP contribution in [0.25, 0.3) is 0 Å². The van der Waals surface area contributed by atoms with Crippen molar-refractivity contribution >= 4 is 11.7 Å². The summed E-state index contributed by atoms with van der Waals surface area (Å²) >= 11 is 0. The largest absolute Gasteiger partial charge is 0.358 e. The van der Waals surface area contributed by atoms with E-state index in [1.165, 1.54) is 17.7 Å². The zero-order valence-corrected chi connectivity index (χ0v) is 18.4. The third kappa shape index (κ3) is 7.03. The Balaban J connectivity index is 0.00000363. The van der Waals surface area contributed by atoms with Gasteiger partial charge in [-0.1, -0.05) is 42.5 Å². The van der Waals surface area contributed by atoms with Gasteiger partial charge < -0.3 is 10.2 Å². The van der Waals surface area contributed by atoms with E-state index in [0.717, 1.165) is 50.7 Å². The van der Waals surface area contributed by atoms with Gasteiger partial charge in [0, 0.05) is 58.4 Å². The van der Waals surface area contributed by atoms with Crippen LogP contribution in [0.15, 0.2) is 71.4 Å². The third-order valence-corrected chi connectivity index (χ3v) is 5.50. The molecule has 5 nitrogen and oxygen atoms in total. The molecule has 2 aromatic carbocycles. The summed E-state index contributed by atoms with van der Waals surface area (Å²) in [6, 6.07) is 16.1. The van der Waals surface area contributed by atoms with Crippen LogP contribution in [0.5, 0.6) is 0 Å². The Labute approximate surface area is 185 Å². The van der Waals surface area contributed by atoms with Crippen molar-refractivity contribution in [1.29, 1.82) is 0 Å². The van der Waals surface area contributed by atoms with Gasteiger partial charge in [-0.2, -0.15) is 0 Å². The van der Waals surface area contributed by atoms with Crippen molar-refractivity contribution in [3.05, 3.63) is 83.3 Å². The van der Waals surface area contributed by atoms with E-state index in [-0.39, 0.29) is 7.33 Å². The summed E-state index contributed by atoms with van der Waals surface area (Å²) in [7, 11) is 0. The molecule has 1 heterocycles. The monoisotopic (exact) mass is 424 g/mol. The van der Waals surface area contributed by atoms with Crippen LogP contribution in [0.1, 0.15) is 31.2 Å². The van der Waals surface area contributed by atoms with Crippen LogP contribution in [-0.4, -0.2) is 60.8 Å². The summed E-state index contributed by atoms with van der Waals surface area (Å²) in [4.78, 5) is 21.6. The molecule has 0 aromatic heterocycles. The Morgan fingerprint density at radius 3 is 2.55 bits per heavy atom. The Hall–Kier alpha value is -2.99. The molecule has 31 heavy (non-hydrogen) atoms. The van der Waals surface area contributed by atoms with Crippen LogP contribution >= 0.6 is 0 Å². The lowest BCUT2D eigenvalue weighted by atomic mass is 10.1. The van der Waals surface area contributed by atoms with Crippen LogP contribution in [-0.2, 0) is 6.42 Å². The van der Waals surface area contributed by atoms with Crippen molar-refractivity contribution < 1.29 is 10.6 Å². The van der Waals surface area contributed by atoms with Gasteiger partial charge in [-0.3, -0.25) is 9.69 Å². The van der Waals surface area contributed by atoms with Crippen molar-refractivity contribution in [3.8, 4) is 0 Å². The summed E-state index contributed by atoms with van der Waals surface area (Å²) in [5.41, 5.74) is 2.69. The van der Waals surface area contributed by atoms with Crippen molar-refractivity contribution in [2.75, 3.05) is 39.3 Å². The highest BCUT2D eigenvalue weighted by Gasteiger charge is 2.18. The number of carbonyl (C=O) groups is 1. The predicted molar refractivity (Wildman–Crippen MR) is 126 cm³/mol. The van der Waals surface area contributed by atoms with E-state index in [4.69, 9.17) is 4.99 Å². The minimum atomic E-state index is -0.398. The highest BCUT2D eigenvalue weighted by atomic mass is 19.1. The van der Waals surface area contributed by atoms with Gasteiger partial charge >= 0.3 is 0 Å². The first-order valence-electron chi connectivity index (χ1n) is 10.8. The van der Waals surface area contributed by atoms with E-state index < -0.39 is 5.82 Å². The maximum absolute atomic E-state index is 13.2. The molecule has 0 atom stereocenters. The van der Waals surface area contributed by atoms with Crippen molar-refractivity contribution in [2.24, 2.45) is 4.99 Å².